The van der Waals surface area contributed by atoms with Gasteiger partial charge in [0, 0.05) is 0 Å². The van der Waals surface area contributed by atoms with Crippen molar-refractivity contribution in [3.63, 3.8) is 0 Å². The maximum Gasteiger partial charge on any atom is 0.309 e. The first-order chi connectivity index (χ1) is 7.73. The summed E-state index contributed by atoms with van der Waals surface area (Å²) in [6.45, 7) is 10.1. The van der Waals surface area contributed by atoms with Gasteiger partial charge in [-0.15, -0.1) is 0 Å². The van der Waals surface area contributed by atoms with E-state index in [9.17, 15) is 15.0 Å². The normalized spacial score (nSPS) is 14.4. The largest absolute Gasteiger partial charge is 0.481 e. The van der Waals surface area contributed by atoms with Crippen LogP contribution in [0.15, 0.2) is 0 Å². The molecule has 2 N–H and O–H groups in total. The smallest absolute Gasteiger partial charge is 0.309 e. The summed E-state index contributed by atoms with van der Waals surface area (Å²) in [5, 5.41) is 20.0. The minimum Gasteiger partial charge on any atom is -0.481 e. The van der Waals surface area contributed by atoms with Crippen LogP contribution in [0.4, 0.5) is 0 Å². The van der Waals surface area contributed by atoms with E-state index in [-0.39, 0.29) is 0 Å². The predicted molar refractivity (Wildman–Crippen MR) is 69.9 cm³/mol. The Morgan fingerprint density at radius 2 is 1.53 bits per heavy atom. The molecule has 0 aromatic carbocycles. The molecule has 0 bridgehead atoms. The third-order valence-corrected chi connectivity index (χ3v) is 3.05. The van der Waals surface area contributed by atoms with E-state index in [0.717, 1.165) is 6.42 Å². The SMILES string of the molecule is CCCC(C(=O)O)C(O)(CC(C)C)CC(C)C. The van der Waals surface area contributed by atoms with Crippen LogP contribution in [0.1, 0.15) is 60.3 Å². The standard InChI is InChI=1S/C14H28O3/c1-6-7-12(13(15)16)14(17,8-10(2)3)9-11(4)5/h10-12,17H,6-9H2,1-5H3,(H,15,16). The van der Waals surface area contributed by atoms with Crippen molar-refractivity contribution in [1.29, 1.82) is 0 Å². The summed E-state index contributed by atoms with van der Waals surface area (Å²) in [5.41, 5.74) is -1.07. The van der Waals surface area contributed by atoms with Crippen LogP contribution in [0.5, 0.6) is 0 Å². The Morgan fingerprint density at radius 1 is 1.12 bits per heavy atom. The minimum absolute atomic E-state index is 0.303. The third-order valence-electron chi connectivity index (χ3n) is 3.05. The van der Waals surface area contributed by atoms with Gasteiger partial charge in [-0.3, -0.25) is 4.79 Å². The second-order valence-corrected chi connectivity index (χ2v) is 5.98. The summed E-state index contributed by atoms with van der Waals surface area (Å²) in [4.78, 5) is 11.3. The van der Waals surface area contributed by atoms with Gasteiger partial charge in [0.05, 0.1) is 11.5 Å². The third kappa shape index (κ3) is 5.53. The van der Waals surface area contributed by atoms with E-state index >= 15 is 0 Å². The van der Waals surface area contributed by atoms with Gasteiger partial charge in [0.2, 0.25) is 0 Å². The van der Waals surface area contributed by atoms with Gasteiger partial charge in [-0.1, -0.05) is 41.0 Å². The Morgan fingerprint density at radius 3 is 1.76 bits per heavy atom. The van der Waals surface area contributed by atoms with Crippen molar-refractivity contribution >= 4 is 5.97 Å². The van der Waals surface area contributed by atoms with Crippen molar-refractivity contribution in [2.24, 2.45) is 17.8 Å². The van der Waals surface area contributed by atoms with Gasteiger partial charge in [-0.2, -0.15) is 0 Å². The Kier molecular flexibility index (Phi) is 6.76. The Labute approximate surface area is 105 Å². The molecule has 0 heterocycles. The van der Waals surface area contributed by atoms with E-state index in [1.54, 1.807) is 0 Å². The zero-order valence-corrected chi connectivity index (χ0v) is 11.9. The number of carboxylic acids is 1. The van der Waals surface area contributed by atoms with E-state index in [1.165, 1.54) is 0 Å². The van der Waals surface area contributed by atoms with Crippen LogP contribution in [0.25, 0.3) is 0 Å². The van der Waals surface area contributed by atoms with Crippen LogP contribution in [-0.2, 0) is 4.79 Å². The van der Waals surface area contributed by atoms with Gasteiger partial charge in [-0.05, 0) is 31.1 Å². The van der Waals surface area contributed by atoms with Gasteiger partial charge < -0.3 is 10.2 Å². The Bertz CT molecular complexity index is 224. The molecule has 0 spiro atoms. The Balaban J connectivity index is 5.01. The fourth-order valence-electron chi connectivity index (χ4n) is 2.69. The zero-order chi connectivity index (χ0) is 13.6. The molecule has 3 nitrogen and oxygen atoms in total. The number of carbonyl (C=O) groups is 1. The average molecular weight is 244 g/mol. The summed E-state index contributed by atoms with van der Waals surface area (Å²) >= 11 is 0. The van der Waals surface area contributed by atoms with Gasteiger partial charge in [-0.25, -0.2) is 0 Å². The molecule has 0 radical (unpaired) electrons. The number of aliphatic carboxylic acids is 1. The van der Waals surface area contributed by atoms with Crippen molar-refractivity contribution in [2.45, 2.75) is 65.9 Å². The minimum atomic E-state index is -1.07. The molecule has 0 aromatic heterocycles. The summed E-state index contributed by atoms with van der Waals surface area (Å²) in [7, 11) is 0. The molecule has 1 atom stereocenters. The van der Waals surface area contributed by atoms with Gasteiger partial charge in [0.25, 0.3) is 0 Å². The first-order valence-electron chi connectivity index (χ1n) is 6.68. The maximum atomic E-state index is 11.3. The lowest BCUT2D eigenvalue weighted by atomic mass is 9.74. The molecule has 0 aromatic rings. The number of carboxylic acid groups (broad SMARTS) is 1. The molecule has 102 valence electrons. The van der Waals surface area contributed by atoms with Crippen LogP contribution < -0.4 is 0 Å². The summed E-state index contributed by atoms with van der Waals surface area (Å²) in [6, 6.07) is 0. The first kappa shape index (κ1) is 16.4. The van der Waals surface area contributed by atoms with Gasteiger partial charge in [0.1, 0.15) is 0 Å². The highest BCUT2D eigenvalue weighted by molar-refractivity contribution is 5.71. The molecule has 1 unspecified atom stereocenters. The molecule has 0 aliphatic carbocycles. The fraction of sp³-hybridized carbons (Fsp3) is 0.929. The molecule has 17 heavy (non-hydrogen) atoms. The average Bonchev–Trinajstić information content (AvgIpc) is 2.10. The van der Waals surface area contributed by atoms with Crippen molar-refractivity contribution < 1.29 is 15.0 Å². The van der Waals surface area contributed by atoms with Crippen LogP contribution in [0.3, 0.4) is 0 Å². The summed E-state index contributed by atoms with van der Waals surface area (Å²) < 4.78 is 0. The molecule has 0 aliphatic rings. The molecule has 0 saturated carbocycles. The maximum absolute atomic E-state index is 11.3. The van der Waals surface area contributed by atoms with E-state index in [2.05, 4.69) is 0 Å². The van der Waals surface area contributed by atoms with Crippen molar-refractivity contribution in [3.8, 4) is 0 Å². The fourth-order valence-corrected chi connectivity index (χ4v) is 2.69. The quantitative estimate of drug-likeness (QED) is 0.688. The summed E-state index contributed by atoms with van der Waals surface area (Å²) in [6.07, 6.45) is 2.45. The van der Waals surface area contributed by atoms with E-state index < -0.39 is 17.5 Å². The zero-order valence-electron chi connectivity index (χ0n) is 11.9. The lowest BCUT2D eigenvalue weighted by Gasteiger charge is -2.36. The van der Waals surface area contributed by atoms with Crippen LogP contribution in [0, 0.1) is 17.8 Å². The van der Waals surface area contributed by atoms with Gasteiger partial charge >= 0.3 is 5.97 Å². The van der Waals surface area contributed by atoms with E-state index in [1.807, 2.05) is 34.6 Å². The van der Waals surface area contributed by atoms with Crippen molar-refractivity contribution in [2.75, 3.05) is 0 Å². The van der Waals surface area contributed by atoms with Crippen molar-refractivity contribution in [1.82, 2.24) is 0 Å². The molecule has 0 rings (SSSR count). The molecule has 0 saturated heterocycles. The second kappa shape index (κ2) is 7.00. The molecule has 0 amide bonds. The first-order valence-corrected chi connectivity index (χ1v) is 6.68. The highest BCUT2D eigenvalue weighted by Gasteiger charge is 2.41. The molecular formula is C14H28O3. The number of hydrogen-bond donors (Lipinski definition) is 2. The Hall–Kier alpha value is -0.570. The van der Waals surface area contributed by atoms with Crippen molar-refractivity contribution in [3.05, 3.63) is 0 Å². The molecule has 3 heteroatoms. The monoisotopic (exact) mass is 244 g/mol. The van der Waals surface area contributed by atoms with Crippen LogP contribution >= 0.6 is 0 Å². The van der Waals surface area contributed by atoms with E-state index in [0.29, 0.717) is 31.1 Å². The van der Waals surface area contributed by atoms with Gasteiger partial charge in [0.15, 0.2) is 0 Å². The number of hydrogen-bond acceptors (Lipinski definition) is 2. The van der Waals surface area contributed by atoms with Crippen LogP contribution in [0.2, 0.25) is 0 Å². The lowest BCUT2D eigenvalue weighted by molar-refractivity contribution is -0.155. The molecule has 0 fully saturated rings. The highest BCUT2D eigenvalue weighted by atomic mass is 16.4. The lowest BCUT2D eigenvalue weighted by Crippen LogP contribution is -2.44. The molecular weight excluding hydrogens is 216 g/mol. The summed E-state index contributed by atoms with van der Waals surface area (Å²) in [5.74, 6) is -0.900. The topological polar surface area (TPSA) is 57.5 Å². The number of rotatable bonds is 8. The highest BCUT2D eigenvalue weighted by Crippen LogP contribution is 2.34. The van der Waals surface area contributed by atoms with Crippen LogP contribution in [-0.4, -0.2) is 21.8 Å². The number of aliphatic hydroxyl groups is 1. The second-order valence-electron chi connectivity index (χ2n) is 5.98. The van der Waals surface area contributed by atoms with E-state index in [4.69, 9.17) is 0 Å². The molecule has 0 aliphatic heterocycles. The predicted octanol–water partition coefficient (Wildman–Crippen LogP) is 3.31.